The van der Waals surface area contributed by atoms with E-state index in [1.54, 1.807) is 0 Å². The van der Waals surface area contributed by atoms with Crippen molar-refractivity contribution in [1.82, 2.24) is 0 Å². The van der Waals surface area contributed by atoms with Crippen molar-refractivity contribution in [3.63, 3.8) is 0 Å². The normalized spacial score (nSPS) is 28.9. The van der Waals surface area contributed by atoms with Crippen molar-refractivity contribution in [3.05, 3.63) is 0 Å². The van der Waals surface area contributed by atoms with Crippen LogP contribution in [0.2, 0.25) is 0 Å². The minimum atomic E-state index is -0.570. The fraction of sp³-hybridized carbons (Fsp3) is 0.889. The molecule has 0 spiro atoms. The van der Waals surface area contributed by atoms with Crippen LogP contribution in [0, 0.1) is 0 Å². The summed E-state index contributed by atoms with van der Waals surface area (Å²) in [5.74, 6) is -0.350. The lowest BCUT2D eigenvalue weighted by Gasteiger charge is -2.22. The molecule has 1 aliphatic rings. The van der Waals surface area contributed by atoms with Crippen molar-refractivity contribution in [2.24, 2.45) is 5.73 Å². The van der Waals surface area contributed by atoms with Crippen LogP contribution in [0.15, 0.2) is 0 Å². The molecular weight excluding hydrogens is 170 g/mol. The minimum Gasteiger partial charge on any atom is -0.458 e. The van der Waals surface area contributed by atoms with Gasteiger partial charge in [0.05, 0.1) is 0 Å². The van der Waals surface area contributed by atoms with Gasteiger partial charge in [-0.05, 0) is 27.2 Å². The summed E-state index contributed by atoms with van der Waals surface area (Å²) in [7, 11) is 0. The SMILES string of the molecule is CC(C)(C)OC(=O)[C@@H]1OCC[C@@H]1N. The summed E-state index contributed by atoms with van der Waals surface area (Å²) in [5.41, 5.74) is 5.20. The van der Waals surface area contributed by atoms with E-state index >= 15 is 0 Å². The molecule has 1 saturated heterocycles. The highest BCUT2D eigenvalue weighted by Crippen LogP contribution is 2.16. The molecule has 0 bridgehead atoms. The molecule has 2 atom stereocenters. The van der Waals surface area contributed by atoms with Gasteiger partial charge in [-0.2, -0.15) is 0 Å². The molecule has 0 unspecified atom stereocenters. The van der Waals surface area contributed by atoms with Gasteiger partial charge in [0.15, 0.2) is 6.10 Å². The monoisotopic (exact) mass is 187 g/mol. The van der Waals surface area contributed by atoms with Crippen LogP contribution in [0.4, 0.5) is 0 Å². The fourth-order valence-corrected chi connectivity index (χ4v) is 1.21. The summed E-state index contributed by atoms with van der Waals surface area (Å²) >= 11 is 0. The van der Waals surface area contributed by atoms with Crippen LogP contribution in [0.5, 0.6) is 0 Å². The lowest BCUT2D eigenvalue weighted by molar-refractivity contribution is -0.166. The van der Waals surface area contributed by atoms with Crippen molar-refractivity contribution in [3.8, 4) is 0 Å². The second-order valence-electron chi connectivity index (χ2n) is 4.28. The Hall–Kier alpha value is -0.610. The third-order valence-corrected chi connectivity index (χ3v) is 1.78. The van der Waals surface area contributed by atoms with E-state index in [9.17, 15) is 4.79 Å². The number of carbonyl (C=O) groups excluding carboxylic acids is 1. The molecule has 0 aliphatic carbocycles. The molecule has 0 saturated carbocycles. The quantitative estimate of drug-likeness (QED) is 0.605. The van der Waals surface area contributed by atoms with Crippen LogP contribution in [0.3, 0.4) is 0 Å². The highest BCUT2D eigenvalue weighted by atomic mass is 16.6. The van der Waals surface area contributed by atoms with Gasteiger partial charge >= 0.3 is 5.97 Å². The third kappa shape index (κ3) is 2.97. The standard InChI is InChI=1S/C9H17NO3/c1-9(2,3)13-8(11)7-6(10)4-5-12-7/h6-7H,4-5,10H2,1-3H3/t6-,7+/m0/s1. The van der Waals surface area contributed by atoms with E-state index < -0.39 is 11.7 Å². The van der Waals surface area contributed by atoms with Gasteiger partial charge in [0.1, 0.15) is 5.60 Å². The Morgan fingerprint density at radius 3 is 2.54 bits per heavy atom. The van der Waals surface area contributed by atoms with Crippen LogP contribution in [0.25, 0.3) is 0 Å². The first-order chi connectivity index (χ1) is 5.90. The Bertz CT molecular complexity index is 198. The zero-order valence-electron chi connectivity index (χ0n) is 8.37. The van der Waals surface area contributed by atoms with E-state index in [1.807, 2.05) is 20.8 Å². The minimum absolute atomic E-state index is 0.213. The van der Waals surface area contributed by atoms with Crippen molar-refractivity contribution < 1.29 is 14.3 Å². The van der Waals surface area contributed by atoms with Gasteiger partial charge in [0, 0.05) is 12.6 Å². The summed E-state index contributed by atoms with van der Waals surface area (Å²) in [4.78, 5) is 11.4. The molecule has 0 radical (unpaired) electrons. The maximum atomic E-state index is 11.4. The second-order valence-corrected chi connectivity index (χ2v) is 4.28. The first kappa shape index (κ1) is 10.5. The van der Waals surface area contributed by atoms with Crippen molar-refractivity contribution in [2.75, 3.05) is 6.61 Å². The van der Waals surface area contributed by atoms with E-state index in [0.717, 1.165) is 6.42 Å². The lowest BCUT2D eigenvalue weighted by atomic mass is 10.1. The largest absolute Gasteiger partial charge is 0.458 e. The molecule has 4 nitrogen and oxygen atoms in total. The van der Waals surface area contributed by atoms with E-state index in [4.69, 9.17) is 15.2 Å². The first-order valence-electron chi connectivity index (χ1n) is 4.50. The Labute approximate surface area is 78.4 Å². The Morgan fingerprint density at radius 1 is 1.54 bits per heavy atom. The molecule has 0 aromatic carbocycles. The van der Waals surface area contributed by atoms with E-state index in [-0.39, 0.29) is 12.0 Å². The van der Waals surface area contributed by atoms with Crippen LogP contribution < -0.4 is 5.73 Å². The third-order valence-electron chi connectivity index (χ3n) is 1.78. The maximum absolute atomic E-state index is 11.4. The number of hydrogen-bond donors (Lipinski definition) is 1. The van der Waals surface area contributed by atoms with Crippen LogP contribution in [0.1, 0.15) is 27.2 Å². The van der Waals surface area contributed by atoms with E-state index in [0.29, 0.717) is 6.61 Å². The van der Waals surface area contributed by atoms with Crippen LogP contribution in [-0.4, -0.2) is 30.3 Å². The Morgan fingerprint density at radius 2 is 2.15 bits per heavy atom. The van der Waals surface area contributed by atoms with Gasteiger partial charge in [-0.1, -0.05) is 0 Å². The van der Waals surface area contributed by atoms with E-state index in [1.165, 1.54) is 0 Å². The predicted molar refractivity (Wildman–Crippen MR) is 48.2 cm³/mol. The molecule has 0 aromatic rings. The smallest absolute Gasteiger partial charge is 0.337 e. The maximum Gasteiger partial charge on any atom is 0.337 e. The molecule has 1 aliphatic heterocycles. The van der Waals surface area contributed by atoms with E-state index in [2.05, 4.69) is 0 Å². The molecule has 1 fully saturated rings. The summed E-state index contributed by atoms with van der Waals surface area (Å²) < 4.78 is 10.3. The zero-order valence-corrected chi connectivity index (χ0v) is 8.37. The molecule has 0 aromatic heterocycles. The average Bonchev–Trinajstić information content (AvgIpc) is 2.30. The van der Waals surface area contributed by atoms with Gasteiger partial charge < -0.3 is 15.2 Å². The molecule has 0 amide bonds. The zero-order chi connectivity index (χ0) is 10.1. The number of nitrogens with two attached hydrogens (primary N) is 1. The summed E-state index contributed by atoms with van der Waals surface area (Å²) in [6.07, 6.45) is 0.156. The topological polar surface area (TPSA) is 61.5 Å². The second kappa shape index (κ2) is 3.64. The van der Waals surface area contributed by atoms with Crippen LogP contribution in [-0.2, 0) is 14.3 Å². The summed E-state index contributed by atoms with van der Waals surface area (Å²) in [5, 5.41) is 0. The molecular formula is C9H17NO3. The Kier molecular flexibility index (Phi) is 2.93. The molecule has 1 heterocycles. The van der Waals surface area contributed by atoms with Crippen molar-refractivity contribution in [2.45, 2.75) is 44.9 Å². The van der Waals surface area contributed by atoms with Gasteiger partial charge in [0.25, 0.3) is 0 Å². The molecule has 76 valence electrons. The highest BCUT2D eigenvalue weighted by molar-refractivity contribution is 5.76. The summed E-state index contributed by atoms with van der Waals surface area (Å²) in [6.45, 7) is 6.02. The molecule has 2 N–H and O–H groups in total. The number of ether oxygens (including phenoxy) is 2. The van der Waals surface area contributed by atoms with Gasteiger partial charge in [0.2, 0.25) is 0 Å². The molecule has 4 heteroatoms. The molecule has 1 rings (SSSR count). The first-order valence-corrected chi connectivity index (χ1v) is 4.50. The van der Waals surface area contributed by atoms with Crippen LogP contribution >= 0.6 is 0 Å². The predicted octanol–water partition coefficient (Wildman–Crippen LogP) is 0.444. The van der Waals surface area contributed by atoms with Gasteiger partial charge in [-0.25, -0.2) is 4.79 Å². The van der Waals surface area contributed by atoms with Gasteiger partial charge in [-0.15, -0.1) is 0 Å². The Balaban J connectivity index is 2.48. The number of esters is 1. The lowest BCUT2D eigenvalue weighted by Crippen LogP contribution is -2.41. The van der Waals surface area contributed by atoms with Crippen molar-refractivity contribution in [1.29, 1.82) is 0 Å². The summed E-state index contributed by atoms with van der Waals surface area (Å²) in [6, 6.07) is -0.213. The number of carbonyl (C=O) groups is 1. The fourth-order valence-electron chi connectivity index (χ4n) is 1.21. The van der Waals surface area contributed by atoms with Crippen molar-refractivity contribution >= 4 is 5.97 Å². The number of hydrogen-bond acceptors (Lipinski definition) is 4. The highest BCUT2D eigenvalue weighted by Gasteiger charge is 2.34. The number of rotatable bonds is 1. The molecule has 13 heavy (non-hydrogen) atoms. The van der Waals surface area contributed by atoms with Gasteiger partial charge in [-0.3, -0.25) is 0 Å². The average molecular weight is 187 g/mol.